The summed E-state index contributed by atoms with van der Waals surface area (Å²) in [6.07, 6.45) is 0. The molecule has 0 spiro atoms. The molecule has 0 atom stereocenters. The lowest BCUT2D eigenvalue weighted by atomic mass is 10.1. The Bertz CT molecular complexity index is 899. The van der Waals surface area contributed by atoms with Crippen molar-refractivity contribution in [2.75, 3.05) is 24.2 Å². The Labute approximate surface area is 152 Å². The lowest BCUT2D eigenvalue weighted by Gasteiger charge is -2.09. The van der Waals surface area contributed by atoms with Gasteiger partial charge in [0.25, 0.3) is 0 Å². The van der Waals surface area contributed by atoms with Crippen LogP contribution in [0.5, 0.6) is 0 Å². The van der Waals surface area contributed by atoms with Gasteiger partial charge in [0.1, 0.15) is 4.83 Å². The number of benzene rings is 1. The van der Waals surface area contributed by atoms with Crippen LogP contribution in [-0.2, 0) is 6.54 Å². The van der Waals surface area contributed by atoms with E-state index in [0.717, 1.165) is 20.7 Å². The summed E-state index contributed by atoms with van der Waals surface area (Å²) in [5.74, 6) is 0.405. The van der Waals surface area contributed by atoms with Gasteiger partial charge in [-0.15, -0.1) is 11.3 Å². The topological polar surface area (TPSA) is 110 Å². The standard InChI is InChI=1S/C15H15Cl2N5OS/c16-8-2-1-7(5-9(8)17)13-11-12(19)10(6-18)24-14(11)22-15(21-13)20-3-4-23/h1-2,5,23H,3-4,6,18-19H2,(H,20,21,22). The molecule has 0 saturated carbocycles. The summed E-state index contributed by atoms with van der Waals surface area (Å²) in [5, 5.41) is 13.6. The second kappa shape index (κ2) is 7.08. The number of fused-ring (bicyclic) bond motifs is 1. The van der Waals surface area contributed by atoms with Gasteiger partial charge in [-0.1, -0.05) is 29.3 Å². The van der Waals surface area contributed by atoms with Crippen molar-refractivity contribution < 1.29 is 5.11 Å². The average Bonchev–Trinajstić information content (AvgIpc) is 2.91. The fraction of sp³-hybridized carbons (Fsp3) is 0.200. The molecule has 0 aliphatic rings. The molecule has 6 nitrogen and oxygen atoms in total. The summed E-state index contributed by atoms with van der Waals surface area (Å²) in [6.45, 7) is 0.647. The SMILES string of the molecule is NCc1sc2nc(NCCO)nc(-c3ccc(Cl)c(Cl)c3)c2c1N. The molecule has 6 N–H and O–H groups in total. The first-order valence-corrected chi connectivity index (χ1v) is 8.71. The molecule has 126 valence electrons. The molecule has 9 heteroatoms. The van der Waals surface area contributed by atoms with Crippen molar-refractivity contribution in [3.8, 4) is 11.3 Å². The zero-order chi connectivity index (χ0) is 17.3. The summed E-state index contributed by atoms with van der Waals surface area (Å²) in [6, 6.07) is 5.27. The molecular weight excluding hydrogens is 369 g/mol. The largest absolute Gasteiger partial charge is 0.397 e. The van der Waals surface area contributed by atoms with E-state index in [1.165, 1.54) is 11.3 Å². The van der Waals surface area contributed by atoms with Crippen LogP contribution in [0.25, 0.3) is 21.5 Å². The Balaban J connectivity index is 2.25. The molecule has 0 aliphatic carbocycles. The first-order chi connectivity index (χ1) is 11.5. The molecule has 0 radical (unpaired) electrons. The molecule has 0 bridgehead atoms. The van der Waals surface area contributed by atoms with Gasteiger partial charge >= 0.3 is 0 Å². The van der Waals surface area contributed by atoms with Gasteiger partial charge in [0, 0.05) is 23.5 Å². The molecule has 1 aromatic carbocycles. The highest BCUT2D eigenvalue weighted by atomic mass is 35.5. The molecule has 2 heterocycles. The van der Waals surface area contributed by atoms with Crippen LogP contribution >= 0.6 is 34.5 Å². The van der Waals surface area contributed by atoms with E-state index in [-0.39, 0.29) is 6.61 Å². The lowest BCUT2D eigenvalue weighted by Crippen LogP contribution is -2.09. The van der Waals surface area contributed by atoms with Crippen LogP contribution in [0.3, 0.4) is 0 Å². The highest BCUT2D eigenvalue weighted by molar-refractivity contribution is 7.19. The maximum atomic E-state index is 9.00. The van der Waals surface area contributed by atoms with Crippen LogP contribution in [0.2, 0.25) is 10.0 Å². The van der Waals surface area contributed by atoms with Gasteiger partial charge in [-0.05, 0) is 12.1 Å². The number of nitrogens with one attached hydrogen (secondary N) is 1. The maximum absolute atomic E-state index is 9.00. The fourth-order valence-electron chi connectivity index (χ4n) is 2.32. The number of aliphatic hydroxyl groups excluding tert-OH is 1. The molecule has 3 aromatic rings. The normalized spacial score (nSPS) is 11.2. The van der Waals surface area contributed by atoms with E-state index in [1.807, 2.05) is 6.07 Å². The Morgan fingerprint density at radius 3 is 2.67 bits per heavy atom. The quantitative estimate of drug-likeness (QED) is 0.538. The monoisotopic (exact) mass is 383 g/mol. The smallest absolute Gasteiger partial charge is 0.224 e. The summed E-state index contributed by atoms with van der Waals surface area (Å²) < 4.78 is 0. The molecular formula is C15H15Cl2N5OS. The summed E-state index contributed by atoms with van der Waals surface area (Å²) >= 11 is 13.6. The van der Waals surface area contributed by atoms with Crippen LogP contribution in [0.15, 0.2) is 18.2 Å². The Kier molecular flexibility index (Phi) is 5.07. The Hall–Kier alpha value is -1.64. The average molecular weight is 384 g/mol. The number of rotatable bonds is 5. The highest BCUT2D eigenvalue weighted by Gasteiger charge is 2.18. The number of anilines is 2. The Morgan fingerprint density at radius 1 is 1.21 bits per heavy atom. The predicted molar refractivity (Wildman–Crippen MR) is 101 cm³/mol. The van der Waals surface area contributed by atoms with Gasteiger partial charge in [-0.3, -0.25) is 0 Å². The van der Waals surface area contributed by atoms with Crippen LogP contribution in [0.1, 0.15) is 4.88 Å². The maximum Gasteiger partial charge on any atom is 0.224 e. The minimum atomic E-state index is -0.0237. The van der Waals surface area contributed by atoms with E-state index in [2.05, 4.69) is 15.3 Å². The summed E-state index contributed by atoms with van der Waals surface area (Å²) in [4.78, 5) is 10.6. The predicted octanol–water partition coefficient (Wildman–Crippen LogP) is 3.11. The number of halogens is 2. The van der Waals surface area contributed by atoms with E-state index in [4.69, 9.17) is 39.8 Å². The van der Waals surface area contributed by atoms with Crippen LogP contribution in [0, 0.1) is 0 Å². The zero-order valence-corrected chi connectivity index (χ0v) is 14.8. The van der Waals surface area contributed by atoms with E-state index in [0.29, 0.717) is 40.5 Å². The Morgan fingerprint density at radius 2 is 2.00 bits per heavy atom. The van der Waals surface area contributed by atoms with E-state index in [9.17, 15) is 0 Å². The molecule has 0 unspecified atom stereocenters. The lowest BCUT2D eigenvalue weighted by molar-refractivity contribution is 0.311. The van der Waals surface area contributed by atoms with Crippen LogP contribution < -0.4 is 16.8 Å². The minimum Gasteiger partial charge on any atom is -0.397 e. The third kappa shape index (κ3) is 3.13. The van der Waals surface area contributed by atoms with Crippen molar-refractivity contribution in [2.24, 2.45) is 5.73 Å². The third-order valence-corrected chi connectivity index (χ3v) is 5.30. The number of aromatic nitrogens is 2. The molecule has 0 aliphatic heterocycles. The number of nitrogen functional groups attached to an aromatic ring is 1. The number of thiophene rings is 1. The molecule has 3 rings (SSSR count). The van der Waals surface area contributed by atoms with Gasteiger partial charge in [-0.2, -0.15) is 0 Å². The molecule has 0 fully saturated rings. The summed E-state index contributed by atoms with van der Waals surface area (Å²) in [5.41, 5.74) is 14.0. The third-order valence-electron chi connectivity index (χ3n) is 3.44. The number of aliphatic hydroxyl groups is 1. The van der Waals surface area contributed by atoms with Crippen molar-refractivity contribution in [3.05, 3.63) is 33.1 Å². The first-order valence-electron chi connectivity index (χ1n) is 7.14. The first kappa shape index (κ1) is 17.2. The number of nitrogens with two attached hydrogens (primary N) is 2. The van der Waals surface area contributed by atoms with Gasteiger partial charge in [0.05, 0.1) is 33.4 Å². The number of nitrogens with zero attached hydrogens (tertiary/aromatic N) is 2. The minimum absolute atomic E-state index is 0.0237. The van der Waals surface area contributed by atoms with Crippen LogP contribution in [-0.4, -0.2) is 28.2 Å². The van der Waals surface area contributed by atoms with Gasteiger partial charge in [0.15, 0.2) is 0 Å². The van der Waals surface area contributed by atoms with Gasteiger partial charge < -0.3 is 21.9 Å². The van der Waals surface area contributed by atoms with Gasteiger partial charge in [0.2, 0.25) is 5.95 Å². The fourth-order valence-corrected chi connectivity index (χ4v) is 3.59. The second-order valence-corrected chi connectivity index (χ2v) is 6.90. The van der Waals surface area contributed by atoms with Crippen molar-refractivity contribution in [3.63, 3.8) is 0 Å². The number of hydrogen-bond acceptors (Lipinski definition) is 7. The highest BCUT2D eigenvalue weighted by Crippen LogP contribution is 2.39. The number of hydrogen-bond donors (Lipinski definition) is 4. The van der Waals surface area contributed by atoms with Crippen LogP contribution in [0.4, 0.5) is 11.6 Å². The molecule has 0 amide bonds. The van der Waals surface area contributed by atoms with E-state index < -0.39 is 0 Å². The molecule has 2 aromatic heterocycles. The van der Waals surface area contributed by atoms with Crippen molar-refractivity contribution in [1.82, 2.24) is 9.97 Å². The van der Waals surface area contributed by atoms with Gasteiger partial charge in [-0.25, -0.2) is 9.97 Å². The second-order valence-electron chi connectivity index (χ2n) is 5.00. The molecule has 24 heavy (non-hydrogen) atoms. The van der Waals surface area contributed by atoms with Crippen molar-refractivity contribution >= 4 is 56.4 Å². The van der Waals surface area contributed by atoms with E-state index >= 15 is 0 Å². The van der Waals surface area contributed by atoms with Crippen molar-refractivity contribution in [2.45, 2.75) is 6.54 Å². The summed E-state index contributed by atoms with van der Waals surface area (Å²) in [7, 11) is 0. The zero-order valence-electron chi connectivity index (χ0n) is 12.5. The molecule has 0 saturated heterocycles. The van der Waals surface area contributed by atoms with Crippen molar-refractivity contribution in [1.29, 1.82) is 0 Å². The van der Waals surface area contributed by atoms with E-state index in [1.54, 1.807) is 12.1 Å².